The van der Waals surface area contributed by atoms with E-state index < -0.39 is 0 Å². The summed E-state index contributed by atoms with van der Waals surface area (Å²) in [7, 11) is 3.25. The first kappa shape index (κ1) is 16.4. The highest BCUT2D eigenvalue weighted by Crippen LogP contribution is 2.33. The normalized spacial score (nSPS) is 13.5. The summed E-state index contributed by atoms with van der Waals surface area (Å²) >= 11 is 0. The van der Waals surface area contributed by atoms with E-state index in [2.05, 4.69) is 5.32 Å². The average molecular weight is 330 g/mol. The maximum atomic E-state index is 12.4. The van der Waals surface area contributed by atoms with Gasteiger partial charge in [0.1, 0.15) is 5.76 Å². The third kappa shape index (κ3) is 3.54. The molecule has 128 valence electrons. The molecule has 1 aromatic carbocycles. The van der Waals surface area contributed by atoms with Crippen molar-refractivity contribution >= 4 is 5.91 Å². The number of carbonyl (C=O) groups excluding carboxylic acids is 1. The van der Waals surface area contributed by atoms with E-state index in [0.29, 0.717) is 31.9 Å². The molecule has 6 heteroatoms. The zero-order valence-corrected chi connectivity index (χ0v) is 14.0. The largest absolute Gasteiger partial charge is 0.493 e. The number of amides is 1. The van der Waals surface area contributed by atoms with E-state index in [4.69, 9.17) is 13.9 Å². The van der Waals surface area contributed by atoms with Gasteiger partial charge in [0.15, 0.2) is 11.5 Å². The van der Waals surface area contributed by atoms with Gasteiger partial charge in [-0.2, -0.15) is 0 Å². The van der Waals surface area contributed by atoms with Gasteiger partial charge in [-0.3, -0.25) is 4.79 Å². The van der Waals surface area contributed by atoms with Crippen molar-refractivity contribution < 1.29 is 18.7 Å². The summed E-state index contributed by atoms with van der Waals surface area (Å²) in [5, 5.41) is 3.12. The fourth-order valence-electron chi connectivity index (χ4n) is 2.91. The SMILES string of the molecule is COc1cc2c(cc1OC)CN(C(=O)CNCc1ccco1)CC2. The second kappa shape index (κ2) is 7.40. The van der Waals surface area contributed by atoms with Crippen LogP contribution in [0.15, 0.2) is 34.9 Å². The van der Waals surface area contributed by atoms with E-state index >= 15 is 0 Å². The second-order valence-electron chi connectivity index (χ2n) is 5.72. The van der Waals surface area contributed by atoms with Gasteiger partial charge in [0.05, 0.1) is 33.6 Å². The van der Waals surface area contributed by atoms with Gasteiger partial charge in [0.2, 0.25) is 5.91 Å². The number of nitrogens with zero attached hydrogens (tertiary/aromatic N) is 1. The molecule has 0 aliphatic carbocycles. The smallest absolute Gasteiger partial charge is 0.236 e. The van der Waals surface area contributed by atoms with E-state index in [1.807, 2.05) is 29.2 Å². The number of methoxy groups -OCH3 is 2. The summed E-state index contributed by atoms with van der Waals surface area (Å²) in [6.45, 7) is 2.15. The van der Waals surface area contributed by atoms with Crippen molar-refractivity contribution in [1.29, 1.82) is 0 Å². The zero-order valence-electron chi connectivity index (χ0n) is 14.0. The van der Waals surface area contributed by atoms with Gasteiger partial charge in [-0.25, -0.2) is 0 Å². The molecule has 0 unspecified atom stereocenters. The fraction of sp³-hybridized carbons (Fsp3) is 0.389. The highest BCUT2D eigenvalue weighted by molar-refractivity contribution is 5.78. The Morgan fingerprint density at radius 1 is 1.25 bits per heavy atom. The van der Waals surface area contributed by atoms with Crippen LogP contribution in [-0.4, -0.2) is 38.1 Å². The first-order chi connectivity index (χ1) is 11.7. The first-order valence-electron chi connectivity index (χ1n) is 7.96. The quantitative estimate of drug-likeness (QED) is 0.877. The molecule has 0 bridgehead atoms. The molecule has 0 radical (unpaired) electrons. The highest BCUT2D eigenvalue weighted by Gasteiger charge is 2.22. The van der Waals surface area contributed by atoms with Crippen molar-refractivity contribution in [3.8, 4) is 11.5 Å². The molecule has 0 saturated carbocycles. The summed E-state index contributed by atoms with van der Waals surface area (Å²) in [4.78, 5) is 14.3. The van der Waals surface area contributed by atoms with E-state index in [1.54, 1.807) is 20.5 Å². The second-order valence-corrected chi connectivity index (χ2v) is 5.72. The lowest BCUT2D eigenvalue weighted by Crippen LogP contribution is -2.41. The van der Waals surface area contributed by atoms with Gasteiger partial charge in [0.25, 0.3) is 0 Å². The Labute approximate surface area is 141 Å². The molecule has 24 heavy (non-hydrogen) atoms. The minimum absolute atomic E-state index is 0.0852. The molecule has 0 spiro atoms. The predicted octanol–water partition coefficient (Wildman–Crippen LogP) is 1.97. The topological polar surface area (TPSA) is 63.9 Å². The van der Waals surface area contributed by atoms with E-state index in [1.165, 1.54) is 5.56 Å². The van der Waals surface area contributed by atoms with Crippen LogP contribution in [0.4, 0.5) is 0 Å². The summed E-state index contributed by atoms with van der Waals surface area (Å²) in [6, 6.07) is 7.69. The number of nitrogens with one attached hydrogen (secondary N) is 1. The van der Waals surface area contributed by atoms with Crippen molar-refractivity contribution in [2.75, 3.05) is 27.3 Å². The van der Waals surface area contributed by atoms with Gasteiger partial charge in [-0.15, -0.1) is 0 Å². The fourth-order valence-corrected chi connectivity index (χ4v) is 2.91. The van der Waals surface area contributed by atoms with Crippen LogP contribution in [0, 0.1) is 0 Å². The Morgan fingerprint density at radius 3 is 2.67 bits per heavy atom. The van der Waals surface area contributed by atoms with Gasteiger partial charge in [-0.1, -0.05) is 0 Å². The minimum Gasteiger partial charge on any atom is -0.493 e. The molecule has 2 heterocycles. The van der Waals surface area contributed by atoms with Crippen molar-refractivity contribution in [1.82, 2.24) is 10.2 Å². The Bertz CT molecular complexity index is 697. The molecule has 1 aliphatic heterocycles. The number of ether oxygens (including phenoxy) is 2. The minimum atomic E-state index is 0.0852. The number of benzene rings is 1. The van der Waals surface area contributed by atoms with Crippen LogP contribution in [0.25, 0.3) is 0 Å². The van der Waals surface area contributed by atoms with E-state index in [9.17, 15) is 4.79 Å². The number of fused-ring (bicyclic) bond motifs is 1. The van der Waals surface area contributed by atoms with Crippen LogP contribution in [0.1, 0.15) is 16.9 Å². The monoisotopic (exact) mass is 330 g/mol. The van der Waals surface area contributed by atoms with Crippen LogP contribution in [0.5, 0.6) is 11.5 Å². The highest BCUT2D eigenvalue weighted by atomic mass is 16.5. The molecule has 1 amide bonds. The van der Waals surface area contributed by atoms with Crippen LogP contribution in [0.3, 0.4) is 0 Å². The molecular weight excluding hydrogens is 308 g/mol. The Morgan fingerprint density at radius 2 is 2.00 bits per heavy atom. The standard InChI is InChI=1S/C18H22N2O4/c1-22-16-8-13-5-6-20(12-14(13)9-17(16)23-2)18(21)11-19-10-15-4-3-7-24-15/h3-4,7-9,19H,5-6,10-12H2,1-2H3. The maximum Gasteiger partial charge on any atom is 0.236 e. The Kier molecular flexibility index (Phi) is 5.05. The molecule has 2 aromatic rings. The van der Waals surface area contributed by atoms with Crippen LogP contribution in [0.2, 0.25) is 0 Å². The summed E-state index contributed by atoms with van der Waals surface area (Å²) in [5.74, 6) is 2.34. The summed E-state index contributed by atoms with van der Waals surface area (Å²) < 4.78 is 15.9. The average Bonchev–Trinajstić information content (AvgIpc) is 3.13. The maximum absolute atomic E-state index is 12.4. The lowest BCUT2D eigenvalue weighted by atomic mass is 9.98. The Hall–Kier alpha value is -2.47. The number of hydrogen-bond acceptors (Lipinski definition) is 5. The van der Waals surface area contributed by atoms with Gasteiger partial charge >= 0.3 is 0 Å². The number of furan rings is 1. The lowest BCUT2D eigenvalue weighted by Gasteiger charge is -2.29. The van der Waals surface area contributed by atoms with E-state index in [-0.39, 0.29) is 5.91 Å². The first-order valence-corrected chi connectivity index (χ1v) is 7.96. The molecule has 0 fully saturated rings. The molecule has 0 atom stereocenters. The molecule has 1 aromatic heterocycles. The van der Waals surface area contributed by atoms with Gasteiger partial charge in [0, 0.05) is 13.1 Å². The number of rotatable bonds is 6. The third-order valence-electron chi connectivity index (χ3n) is 4.23. The van der Waals surface area contributed by atoms with Crippen molar-refractivity contribution in [3.63, 3.8) is 0 Å². The lowest BCUT2D eigenvalue weighted by molar-refractivity contribution is -0.131. The predicted molar refractivity (Wildman–Crippen MR) is 89.1 cm³/mol. The molecule has 0 saturated heterocycles. The number of hydrogen-bond donors (Lipinski definition) is 1. The molecule has 3 rings (SSSR count). The van der Waals surface area contributed by atoms with Gasteiger partial charge < -0.3 is 24.1 Å². The van der Waals surface area contributed by atoms with Crippen LogP contribution in [-0.2, 0) is 24.3 Å². The van der Waals surface area contributed by atoms with Crippen LogP contribution >= 0.6 is 0 Å². The van der Waals surface area contributed by atoms with Crippen LogP contribution < -0.4 is 14.8 Å². The summed E-state index contributed by atoms with van der Waals surface area (Å²) in [6.07, 6.45) is 2.45. The molecular formula is C18H22N2O4. The van der Waals surface area contributed by atoms with Gasteiger partial charge in [-0.05, 0) is 41.8 Å². The Balaban J connectivity index is 1.60. The van der Waals surface area contributed by atoms with E-state index in [0.717, 1.165) is 23.5 Å². The van der Waals surface area contributed by atoms with Crippen molar-refractivity contribution in [3.05, 3.63) is 47.4 Å². The van der Waals surface area contributed by atoms with Crippen molar-refractivity contribution in [2.24, 2.45) is 0 Å². The molecule has 1 aliphatic rings. The number of carbonyl (C=O) groups is 1. The zero-order chi connectivity index (χ0) is 16.9. The summed E-state index contributed by atoms with van der Waals surface area (Å²) in [5.41, 5.74) is 2.32. The molecule has 1 N–H and O–H groups in total. The third-order valence-corrected chi connectivity index (χ3v) is 4.23. The van der Waals surface area contributed by atoms with Crippen molar-refractivity contribution in [2.45, 2.75) is 19.5 Å². The molecule has 6 nitrogen and oxygen atoms in total.